The van der Waals surface area contributed by atoms with Crippen LogP contribution in [0, 0.1) is 0 Å². The number of aliphatic hydroxyl groups is 3. The molecule has 168 valence electrons. The predicted molar refractivity (Wildman–Crippen MR) is 113 cm³/mol. The molecule has 0 aromatic carbocycles. The fraction of sp³-hybridized carbons (Fsp3) is 0.429. The molecule has 7 N–H and O–H groups in total. The molecule has 10 heteroatoms. The highest BCUT2D eigenvalue weighted by atomic mass is 16.6. The molecule has 31 heavy (non-hydrogen) atoms. The van der Waals surface area contributed by atoms with Gasteiger partial charge in [0.25, 0.3) is 0 Å². The molecule has 2 aromatic heterocycles. The molecule has 0 bridgehead atoms. The van der Waals surface area contributed by atoms with Crippen molar-refractivity contribution >= 4 is 0 Å². The van der Waals surface area contributed by atoms with E-state index in [1.807, 2.05) is 36.4 Å². The lowest BCUT2D eigenvalue weighted by atomic mass is 10.0. The quantitative estimate of drug-likeness (QED) is 0.254. The van der Waals surface area contributed by atoms with Crippen molar-refractivity contribution in [3.63, 3.8) is 0 Å². The van der Waals surface area contributed by atoms with E-state index in [0.29, 0.717) is 25.3 Å². The maximum atomic E-state index is 10.1. The molecular formula is C21H30N6O4. The summed E-state index contributed by atoms with van der Waals surface area (Å²) in [5.74, 6) is 6.02. The lowest BCUT2D eigenvalue weighted by molar-refractivity contribution is -0.234. The first-order valence-electron chi connectivity index (χ1n) is 10.1. The van der Waals surface area contributed by atoms with Crippen molar-refractivity contribution in [3.05, 3.63) is 72.1 Å². The SMILES string of the molecule is N/C(=C\N(N)C[C@H]1OC(O)C[C@@H](O)[C@H]1O)CN(Cc1ccccn1)Cc1ccccn1. The van der Waals surface area contributed by atoms with E-state index in [4.69, 9.17) is 16.3 Å². The molecule has 1 unspecified atom stereocenters. The van der Waals surface area contributed by atoms with Crippen molar-refractivity contribution < 1.29 is 20.1 Å². The van der Waals surface area contributed by atoms with Crippen LogP contribution in [0.4, 0.5) is 0 Å². The number of nitrogens with zero attached hydrogens (tertiary/aromatic N) is 4. The number of aromatic nitrogens is 2. The van der Waals surface area contributed by atoms with Crippen molar-refractivity contribution in [2.45, 2.75) is 44.1 Å². The number of hydrogen-bond donors (Lipinski definition) is 5. The van der Waals surface area contributed by atoms with E-state index in [1.54, 1.807) is 18.6 Å². The van der Waals surface area contributed by atoms with E-state index >= 15 is 0 Å². The Morgan fingerprint density at radius 1 is 1.06 bits per heavy atom. The van der Waals surface area contributed by atoms with Crippen LogP contribution >= 0.6 is 0 Å². The zero-order valence-corrected chi connectivity index (χ0v) is 17.2. The molecule has 0 amide bonds. The monoisotopic (exact) mass is 430 g/mol. The second-order valence-electron chi connectivity index (χ2n) is 7.61. The second kappa shape index (κ2) is 11.1. The fourth-order valence-corrected chi connectivity index (χ4v) is 3.46. The van der Waals surface area contributed by atoms with Gasteiger partial charge < -0.3 is 30.8 Å². The zero-order chi connectivity index (χ0) is 22.2. The number of hydrazine groups is 1. The van der Waals surface area contributed by atoms with Gasteiger partial charge in [-0.25, -0.2) is 5.84 Å². The molecule has 0 saturated carbocycles. The molecule has 0 spiro atoms. The van der Waals surface area contributed by atoms with Gasteiger partial charge in [-0.1, -0.05) is 12.1 Å². The van der Waals surface area contributed by atoms with Gasteiger partial charge in [-0.15, -0.1) is 0 Å². The molecule has 10 nitrogen and oxygen atoms in total. The van der Waals surface area contributed by atoms with Gasteiger partial charge in [0.05, 0.1) is 24.0 Å². The van der Waals surface area contributed by atoms with Crippen LogP contribution in [0.3, 0.4) is 0 Å². The molecule has 3 rings (SSSR count). The molecule has 4 atom stereocenters. The van der Waals surface area contributed by atoms with E-state index in [-0.39, 0.29) is 13.0 Å². The van der Waals surface area contributed by atoms with Crippen LogP contribution in [0.1, 0.15) is 17.8 Å². The largest absolute Gasteiger partial charge is 0.400 e. The van der Waals surface area contributed by atoms with Gasteiger partial charge in [-0.05, 0) is 24.3 Å². The number of hydrogen-bond acceptors (Lipinski definition) is 10. The summed E-state index contributed by atoms with van der Waals surface area (Å²) in [6.45, 7) is 1.59. The molecule has 1 aliphatic heterocycles. The lowest BCUT2D eigenvalue weighted by Gasteiger charge is -2.36. The number of pyridine rings is 2. The summed E-state index contributed by atoms with van der Waals surface area (Å²) >= 11 is 0. The highest BCUT2D eigenvalue weighted by molar-refractivity contribution is 5.08. The fourth-order valence-electron chi connectivity index (χ4n) is 3.46. The zero-order valence-electron chi connectivity index (χ0n) is 17.2. The summed E-state index contributed by atoms with van der Waals surface area (Å²) in [6, 6.07) is 11.5. The van der Waals surface area contributed by atoms with E-state index in [1.165, 1.54) is 5.01 Å². The van der Waals surface area contributed by atoms with Crippen molar-refractivity contribution in [1.82, 2.24) is 19.9 Å². The highest BCUT2D eigenvalue weighted by Gasteiger charge is 2.36. The topological polar surface area (TPSA) is 154 Å². The molecule has 0 radical (unpaired) electrons. The van der Waals surface area contributed by atoms with Gasteiger partial charge in [-0.2, -0.15) is 0 Å². The molecule has 2 aromatic rings. The first kappa shape index (κ1) is 23.1. The molecule has 0 aliphatic carbocycles. The Hall–Kier alpha value is -2.60. The van der Waals surface area contributed by atoms with Crippen LogP contribution in [-0.2, 0) is 17.8 Å². The third kappa shape index (κ3) is 7.24. The van der Waals surface area contributed by atoms with E-state index in [2.05, 4.69) is 14.9 Å². The minimum Gasteiger partial charge on any atom is -0.400 e. The average molecular weight is 431 g/mol. The Bertz CT molecular complexity index is 784. The maximum absolute atomic E-state index is 10.1. The summed E-state index contributed by atoms with van der Waals surface area (Å²) in [7, 11) is 0. The van der Waals surface area contributed by atoms with Gasteiger partial charge >= 0.3 is 0 Å². The molecule has 3 heterocycles. The summed E-state index contributed by atoms with van der Waals surface area (Å²) in [6.07, 6.45) is 0.783. The first-order chi connectivity index (χ1) is 14.9. The van der Waals surface area contributed by atoms with Crippen molar-refractivity contribution in [1.29, 1.82) is 0 Å². The van der Waals surface area contributed by atoms with E-state index < -0.39 is 24.6 Å². The molecular weight excluding hydrogens is 400 g/mol. The number of ether oxygens (including phenoxy) is 1. The standard InChI is InChI=1S/C21H30N6O4/c22-15(11-27(23)14-19-21(30)18(28)9-20(29)31-19)10-26(12-16-5-1-3-7-24-16)13-17-6-2-4-8-25-17/h1-8,11,18-21,28-30H,9-10,12-14,22-23H2/b15-11-/t18-,19-,20?,21-/m1/s1. The summed E-state index contributed by atoms with van der Waals surface area (Å²) < 4.78 is 5.29. The van der Waals surface area contributed by atoms with Crippen LogP contribution in [-0.4, -0.2) is 72.9 Å². The van der Waals surface area contributed by atoms with Crippen molar-refractivity contribution in [2.24, 2.45) is 11.6 Å². The van der Waals surface area contributed by atoms with E-state index in [9.17, 15) is 15.3 Å². The van der Waals surface area contributed by atoms with Crippen LogP contribution in [0.15, 0.2) is 60.7 Å². The summed E-state index contributed by atoms with van der Waals surface area (Å²) in [5, 5.41) is 30.8. The number of aliphatic hydroxyl groups excluding tert-OH is 3. The second-order valence-corrected chi connectivity index (χ2v) is 7.61. The van der Waals surface area contributed by atoms with Gasteiger partial charge in [0.1, 0.15) is 12.2 Å². The van der Waals surface area contributed by atoms with Gasteiger partial charge in [0.15, 0.2) is 6.29 Å². The average Bonchev–Trinajstić information content (AvgIpc) is 2.73. The Labute approximate surface area is 181 Å². The Kier molecular flexibility index (Phi) is 8.29. The third-order valence-corrected chi connectivity index (χ3v) is 4.90. The lowest BCUT2D eigenvalue weighted by Crippen LogP contribution is -2.53. The maximum Gasteiger partial charge on any atom is 0.157 e. The van der Waals surface area contributed by atoms with Crippen LogP contribution in [0.25, 0.3) is 0 Å². The minimum atomic E-state index is -1.15. The van der Waals surface area contributed by atoms with Gasteiger partial charge in [0.2, 0.25) is 0 Å². The Balaban J connectivity index is 1.63. The Morgan fingerprint density at radius 2 is 1.68 bits per heavy atom. The number of rotatable bonds is 9. The smallest absolute Gasteiger partial charge is 0.157 e. The molecule has 1 aliphatic rings. The van der Waals surface area contributed by atoms with Crippen LogP contribution in [0.2, 0.25) is 0 Å². The summed E-state index contributed by atoms with van der Waals surface area (Å²) in [4.78, 5) is 10.8. The van der Waals surface area contributed by atoms with Gasteiger partial charge in [0, 0.05) is 50.3 Å². The normalized spacial score (nSPS) is 24.4. The summed E-state index contributed by atoms with van der Waals surface area (Å²) in [5.41, 5.74) is 8.52. The minimum absolute atomic E-state index is 0.0454. The predicted octanol–water partition coefficient (Wildman–Crippen LogP) is -0.716. The highest BCUT2D eigenvalue weighted by Crippen LogP contribution is 2.19. The number of nitrogens with two attached hydrogens (primary N) is 2. The molecule has 1 saturated heterocycles. The molecule has 1 fully saturated rings. The van der Waals surface area contributed by atoms with Gasteiger partial charge in [-0.3, -0.25) is 14.9 Å². The third-order valence-electron chi connectivity index (χ3n) is 4.90. The van der Waals surface area contributed by atoms with Crippen LogP contribution < -0.4 is 11.6 Å². The first-order valence-corrected chi connectivity index (χ1v) is 10.1. The van der Waals surface area contributed by atoms with Crippen molar-refractivity contribution in [2.75, 3.05) is 13.1 Å². The Morgan fingerprint density at radius 3 is 2.23 bits per heavy atom. The van der Waals surface area contributed by atoms with Crippen LogP contribution in [0.5, 0.6) is 0 Å². The van der Waals surface area contributed by atoms with Crippen molar-refractivity contribution in [3.8, 4) is 0 Å². The van der Waals surface area contributed by atoms with E-state index in [0.717, 1.165) is 11.4 Å².